The molecule has 0 aliphatic rings. The number of hydrogen-bond acceptors (Lipinski definition) is 6. The molecule has 6 nitrogen and oxygen atoms in total. The van der Waals surface area contributed by atoms with E-state index in [2.05, 4.69) is 16.9 Å². The maximum absolute atomic E-state index is 5.39. The Morgan fingerprint density at radius 3 is 2.30 bits per heavy atom. The number of anilines is 2. The summed E-state index contributed by atoms with van der Waals surface area (Å²) in [5.41, 5.74) is 2.28. The van der Waals surface area contributed by atoms with E-state index < -0.39 is 0 Å². The summed E-state index contributed by atoms with van der Waals surface area (Å²) in [6.45, 7) is 2.74. The van der Waals surface area contributed by atoms with Crippen LogP contribution in [0, 0.1) is 6.92 Å². The van der Waals surface area contributed by atoms with Crippen LogP contribution in [-0.2, 0) is 6.54 Å². The van der Waals surface area contributed by atoms with Crippen LogP contribution in [0.5, 0.6) is 11.5 Å². The Bertz CT molecular complexity index is 674. The number of rotatable bonds is 6. The van der Waals surface area contributed by atoms with Crippen LogP contribution < -0.4 is 19.3 Å². The standard InChI is InChI=1S/C17H24N4O2/c1-12-9-14(22-5)15(23-6)10-13(12)11-21(4)17-18-8-7-16(19-17)20(2)3/h7-10H,11H2,1-6H3. The third-order valence-electron chi connectivity index (χ3n) is 3.68. The molecule has 23 heavy (non-hydrogen) atoms. The van der Waals surface area contributed by atoms with Crippen molar-refractivity contribution in [3.63, 3.8) is 0 Å². The minimum Gasteiger partial charge on any atom is -0.493 e. The van der Waals surface area contributed by atoms with Crippen molar-refractivity contribution in [3.8, 4) is 11.5 Å². The van der Waals surface area contributed by atoms with E-state index in [1.165, 1.54) is 0 Å². The van der Waals surface area contributed by atoms with Gasteiger partial charge in [-0.2, -0.15) is 4.98 Å². The zero-order valence-corrected chi connectivity index (χ0v) is 14.6. The number of benzene rings is 1. The molecule has 0 aliphatic heterocycles. The van der Waals surface area contributed by atoms with Crippen LogP contribution in [0.4, 0.5) is 11.8 Å². The van der Waals surface area contributed by atoms with E-state index in [9.17, 15) is 0 Å². The summed E-state index contributed by atoms with van der Waals surface area (Å²) in [5, 5.41) is 0. The van der Waals surface area contributed by atoms with Gasteiger partial charge in [0.2, 0.25) is 5.95 Å². The molecule has 0 amide bonds. The van der Waals surface area contributed by atoms with E-state index in [4.69, 9.17) is 9.47 Å². The smallest absolute Gasteiger partial charge is 0.227 e. The van der Waals surface area contributed by atoms with Crippen molar-refractivity contribution in [1.29, 1.82) is 0 Å². The Balaban J connectivity index is 2.26. The molecule has 2 aromatic rings. The summed E-state index contributed by atoms with van der Waals surface area (Å²) in [6, 6.07) is 5.87. The molecule has 0 N–H and O–H groups in total. The van der Waals surface area contributed by atoms with E-state index in [1.54, 1.807) is 20.4 Å². The second-order valence-electron chi connectivity index (χ2n) is 5.60. The van der Waals surface area contributed by atoms with Crippen molar-refractivity contribution in [3.05, 3.63) is 35.5 Å². The fourth-order valence-corrected chi connectivity index (χ4v) is 2.29. The van der Waals surface area contributed by atoms with Crippen LogP contribution in [0.1, 0.15) is 11.1 Å². The molecule has 0 saturated heterocycles. The first-order valence-electron chi connectivity index (χ1n) is 7.39. The van der Waals surface area contributed by atoms with Gasteiger partial charge in [0.05, 0.1) is 14.2 Å². The molecule has 0 spiro atoms. The quantitative estimate of drug-likeness (QED) is 0.816. The Hall–Kier alpha value is -2.50. The van der Waals surface area contributed by atoms with Gasteiger partial charge in [0.15, 0.2) is 11.5 Å². The third-order valence-corrected chi connectivity index (χ3v) is 3.68. The predicted molar refractivity (Wildman–Crippen MR) is 92.7 cm³/mol. The SMILES string of the molecule is COc1cc(C)c(CN(C)c2nccc(N(C)C)n2)cc1OC. The van der Waals surface area contributed by atoms with Gasteiger partial charge < -0.3 is 19.3 Å². The summed E-state index contributed by atoms with van der Waals surface area (Å²) in [6.07, 6.45) is 1.77. The zero-order chi connectivity index (χ0) is 17.0. The van der Waals surface area contributed by atoms with Gasteiger partial charge >= 0.3 is 0 Å². The molecule has 0 saturated carbocycles. The molecule has 0 atom stereocenters. The van der Waals surface area contributed by atoms with Gasteiger partial charge in [0.25, 0.3) is 0 Å². The lowest BCUT2D eigenvalue weighted by atomic mass is 10.1. The second-order valence-corrected chi connectivity index (χ2v) is 5.60. The minimum atomic E-state index is 0.684. The number of hydrogen-bond donors (Lipinski definition) is 0. The number of methoxy groups -OCH3 is 2. The van der Waals surface area contributed by atoms with E-state index in [0.717, 1.165) is 28.4 Å². The van der Waals surface area contributed by atoms with Crippen LogP contribution in [-0.4, -0.2) is 45.3 Å². The molecule has 0 aliphatic carbocycles. The minimum absolute atomic E-state index is 0.684. The van der Waals surface area contributed by atoms with Gasteiger partial charge in [0.1, 0.15) is 5.82 Å². The van der Waals surface area contributed by atoms with Crippen LogP contribution in [0.3, 0.4) is 0 Å². The van der Waals surface area contributed by atoms with Crippen molar-refractivity contribution in [2.24, 2.45) is 0 Å². The average Bonchev–Trinajstić information content (AvgIpc) is 2.56. The number of ether oxygens (including phenoxy) is 2. The Labute approximate surface area is 137 Å². The van der Waals surface area contributed by atoms with Crippen LogP contribution >= 0.6 is 0 Å². The first-order valence-corrected chi connectivity index (χ1v) is 7.39. The lowest BCUT2D eigenvalue weighted by Gasteiger charge is -2.21. The van der Waals surface area contributed by atoms with Gasteiger partial charge in [-0.3, -0.25) is 0 Å². The summed E-state index contributed by atoms with van der Waals surface area (Å²) < 4.78 is 10.7. The van der Waals surface area contributed by atoms with Gasteiger partial charge in [-0.05, 0) is 36.2 Å². The first-order chi connectivity index (χ1) is 11.0. The molecular formula is C17H24N4O2. The first kappa shape index (κ1) is 16.9. The van der Waals surface area contributed by atoms with Gasteiger partial charge in [-0.15, -0.1) is 0 Å². The highest BCUT2D eigenvalue weighted by molar-refractivity contribution is 5.49. The van der Waals surface area contributed by atoms with E-state index in [-0.39, 0.29) is 0 Å². The van der Waals surface area contributed by atoms with Crippen molar-refractivity contribution in [2.45, 2.75) is 13.5 Å². The van der Waals surface area contributed by atoms with Gasteiger partial charge in [-0.1, -0.05) is 0 Å². The van der Waals surface area contributed by atoms with Crippen molar-refractivity contribution >= 4 is 11.8 Å². The van der Waals surface area contributed by atoms with E-state index >= 15 is 0 Å². The van der Waals surface area contributed by atoms with E-state index in [1.807, 2.05) is 49.1 Å². The summed E-state index contributed by atoms with van der Waals surface area (Å²) >= 11 is 0. The molecule has 0 fully saturated rings. The molecule has 2 rings (SSSR count). The molecule has 0 unspecified atom stereocenters. The average molecular weight is 316 g/mol. The molecule has 6 heteroatoms. The molecule has 0 bridgehead atoms. The Morgan fingerprint density at radius 2 is 1.70 bits per heavy atom. The maximum Gasteiger partial charge on any atom is 0.227 e. The Morgan fingerprint density at radius 1 is 1.04 bits per heavy atom. The fraction of sp³-hybridized carbons (Fsp3) is 0.412. The van der Waals surface area contributed by atoms with E-state index in [0.29, 0.717) is 12.5 Å². The summed E-state index contributed by atoms with van der Waals surface area (Å²) in [4.78, 5) is 12.9. The molecule has 124 valence electrons. The lowest BCUT2D eigenvalue weighted by molar-refractivity contribution is 0.354. The van der Waals surface area contributed by atoms with Gasteiger partial charge in [0, 0.05) is 33.9 Å². The summed E-state index contributed by atoms with van der Waals surface area (Å²) in [5.74, 6) is 3.03. The maximum atomic E-state index is 5.39. The van der Waals surface area contributed by atoms with Crippen LogP contribution in [0.25, 0.3) is 0 Å². The largest absolute Gasteiger partial charge is 0.493 e. The molecular weight excluding hydrogens is 292 g/mol. The molecule has 1 aromatic heterocycles. The second kappa shape index (κ2) is 7.17. The zero-order valence-electron chi connectivity index (χ0n) is 14.6. The summed E-state index contributed by atoms with van der Waals surface area (Å²) in [7, 11) is 9.19. The Kier molecular flexibility index (Phi) is 5.26. The molecule has 1 heterocycles. The molecule has 0 radical (unpaired) electrons. The highest BCUT2D eigenvalue weighted by Gasteiger charge is 2.12. The predicted octanol–water partition coefficient (Wildman–Crippen LogP) is 2.50. The topological polar surface area (TPSA) is 50.7 Å². The number of aryl methyl sites for hydroxylation is 1. The normalized spacial score (nSPS) is 10.3. The highest BCUT2D eigenvalue weighted by Crippen LogP contribution is 2.31. The third kappa shape index (κ3) is 3.83. The van der Waals surface area contributed by atoms with Crippen molar-refractivity contribution in [1.82, 2.24) is 9.97 Å². The van der Waals surface area contributed by atoms with Crippen molar-refractivity contribution in [2.75, 3.05) is 45.2 Å². The highest BCUT2D eigenvalue weighted by atomic mass is 16.5. The molecule has 1 aromatic carbocycles. The van der Waals surface area contributed by atoms with Gasteiger partial charge in [-0.25, -0.2) is 4.98 Å². The monoisotopic (exact) mass is 316 g/mol. The van der Waals surface area contributed by atoms with Crippen molar-refractivity contribution < 1.29 is 9.47 Å². The number of nitrogens with zero attached hydrogens (tertiary/aromatic N) is 4. The fourth-order valence-electron chi connectivity index (χ4n) is 2.29. The van der Waals surface area contributed by atoms with Crippen LogP contribution in [0.15, 0.2) is 24.4 Å². The lowest BCUT2D eigenvalue weighted by Crippen LogP contribution is -2.21. The number of aromatic nitrogens is 2. The van der Waals surface area contributed by atoms with Crippen LogP contribution in [0.2, 0.25) is 0 Å².